The highest BCUT2D eigenvalue weighted by molar-refractivity contribution is 7.80. The summed E-state index contributed by atoms with van der Waals surface area (Å²) in [5.41, 5.74) is 5.41. The van der Waals surface area contributed by atoms with E-state index in [9.17, 15) is 19.2 Å². The molecule has 0 rings (SSSR count). The fraction of sp³-hybridized carbons (Fsp3) is 0.714. The SMILES string of the molecule is CC(C)CC(NC(=O)C(N)CO)C(=O)NC(CS)C(=O)NCC(=O)O. The molecule has 11 heteroatoms. The lowest BCUT2D eigenvalue weighted by Gasteiger charge is -2.24. The molecule has 0 saturated heterocycles. The van der Waals surface area contributed by atoms with Crippen molar-refractivity contribution in [3.05, 3.63) is 0 Å². The van der Waals surface area contributed by atoms with Gasteiger partial charge in [0, 0.05) is 5.75 Å². The summed E-state index contributed by atoms with van der Waals surface area (Å²) in [4.78, 5) is 46.5. The van der Waals surface area contributed by atoms with Crippen molar-refractivity contribution in [1.82, 2.24) is 16.0 Å². The third-order valence-electron chi connectivity index (χ3n) is 3.10. The summed E-state index contributed by atoms with van der Waals surface area (Å²) >= 11 is 3.97. The first-order valence-corrected chi connectivity index (χ1v) is 8.33. The van der Waals surface area contributed by atoms with Crippen LogP contribution in [-0.2, 0) is 19.2 Å². The van der Waals surface area contributed by atoms with E-state index in [4.69, 9.17) is 15.9 Å². The van der Waals surface area contributed by atoms with Crippen molar-refractivity contribution >= 4 is 36.3 Å². The summed E-state index contributed by atoms with van der Waals surface area (Å²) in [6.07, 6.45) is 0.283. The van der Waals surface area contributed by atoms with E-state index in [-0.39, 0.29) is 18.1 Å². The van der Waals surface area contributed by atoms with E-state index in [1.807, 2.05) is 13.8 Å². The Bertz CT molecular complexity index is 488. The number of hydrogen-bond acceptors (Lipinski definition) is 7. The van der Waals surface area contributed by atoms with Gasteiger partial charge in [-0.1, -0.05) is 13.8 Å². The van der Waals surface area contributed by atoms with E-state index in [1.54, 1.807) is 0 Å². The van der Waals surface area contributed by atoms with E-state index in [2.05, 4.69) is 28.6 Å². The Balaban J connectivity index is 4.94. The molecular formula is C14H26N4O6S. The molecule has 0 aliphatic heterocycles. The van der Waals surface area contributed by atoms with Gasteiger partial charge < -0.3 is 31.9 Å². The van der Waals surface area contributed by atoms with Gasteiger partial charge in [-0.2, -0.15) is 12.6 Å². The minimum Gasteiger partial charge on any atom is -0.480 e. The first-order valence-electron chi connectivity index (χ1n) is 7.69. The topological polar surface area (TPSA) is 171 Å². The summed E-state index contributed by atoms with van der Waals surface area (Å²) in [7, 11) is 0. The van der Waals surface area contributed by atoms with Crippen LogP contribution in [0.1, 0.15) is 20.3 Å². The third kappa shape index (κ3) is 9.27. The van der Waals surface area contributed by atoms with Crippen LogP contribution in [0.2, 0.25) is 0 Å². The van der Waals surface area contributed by atoms with Crippen molar-refractivity contribution in [3.8, 4) is 0 Å². The number of rotatable bonds is 11. The number of nitrogens with one attached hydrogen (secondary N) is 3. The molecule has 3 unspecified atom stereocenters. The van der Waals surface area contributed by atoms with Gasteiger partial charge in [-0.25, -0.2) is 0 Å². The van der Waals surface area contributed by atoms with Crippen LogP contribution in [0.25, 0.3) is 0 Å². The number of aliphatic carboxylic acids is 1. The lowest BCUT2D eigenvalue weighted by Crippen LogP contribution is -2.57. The molecule has 0 bridgehead atoms. The summed E-state index contributed by atoms with van der Waals surface area (Å²) in [5, 5.41) is 24.5. The zero-order valence-corrected chi connectivity index (χ0v) is 15.1. The first-order chi connectivity index (χ1) is 11.6. The monoisotopic (exact) mass is 378 g/mol. The molecule has 3 atom stereocenters. The van der Waals surface area contributed by atoms with Crippen molar-refractivity contribution in [2.45, 2.75) is 38.4 Å². The number of carbonyl (C=O) groups excluding carboxylic acids is 3. The largest absolute Gasteiger partial charge is 0.480 e. The number of hydrogen-bond donors (Lipinski definition) is 7. The minimum atomic E-state index is -1.22. The minimum absolute atomic E-state index is 0.0525. The molecule has 0 radical (unpaired) electrons. The van der Waals surface area contributed by atoms with Crippen LogP contribution in [0.5, 0.6) is 0 Å². The second-order valence-corrected chi connectivity index (χ2v) is 6.20. The first kappa shape index (κ1) is 23.1. The summed E-state index contributed by atoms with van der Waals surface area (Å²) in [6, 6.07) is -3.19. The smallest absolute Gasteiger partial charge is 0.322 e. The van der Waals surface area contributed by atoms with Crippen LogP contribution < -0.4 is 21.7 Å². The van der Waals surface area contributed by atoms with Crippen molar-refractivity contribution in [2.75, 3.05) is 18.9 Å². The standard InChI is InChI=1S/C14H26N4O6S/c1-7(2)3-9(17-12(22)8(15)5-19)14(24)18-10(6-25)13(23)16-4-11(20)21/h7-10,19,25H,3-6,15H2,1-2H3,(H,16,23)(H,17,22)(H,18,24)(H,20,21). The number of thiol groups is 1. The summed E-state index contributed by atoms with van der Waals surface area (Å²) < 4.78 is 0. The molecule has 0 aromatic rings. The highest BCUT2D eigenvalue weighted by Gasteiger charge is 2.28. The molecule has 7 N–H and O–H groups in total. The normalized spacial score (nSPS) is 14.3. The second kappa shape index (κ2) is 11.7. The Labute approximate surface area is 151 Å². The number of carboxylic acid groups (broad SMARTS) is 1. The number of carbonyl (C=O) groups is 4. The van der Waals surface area contributed by atoms with Crippen molar-refractivity contribution in [1.29, 1.82) is 0 Å². The molecule has 0 saturated carbocycles. The third-order valence-corrected chi connectivity index (χ3v) is 3.47. The Morgan fingerprint density at radius 2 is 1.60 bits per heavy atom. The van der Waals surface area contributed by atoms with Crippen LogP contribution in [0.15, 0.2) is 0 Å². The zero-order valence-electron chi connectivity index (χ0n) is 14.2. The quantitative estimate of drug-likeness (QED) is 0.194. The predicted octanol–water partition coefficient (Wildman–Crippen LogP) is -2.55. The van der Waals surface area contributed by atoms with Crippen LogP contribution in [-0.4, -0.2) is 70.9 Å². The molecule has 3 amide bonds. The van der Waals surface area contributed by atoms with Gasteiger partial charge in [-0.3, -0.25) is 19.2 Å². The molecule has 0 aromatic carbocycles. The van der Waals surface area contributed by atoms with Gasteiger partial charge in [0.15, 0.2) is 0 Å². The maximum atomic E-state index is 12.4. The molecule has 10 nitrogen and oxygen atoms in total. The maximum Gasteiger partial charge on any atom is 0.322 e. The predicted molar refractivity (Wildman–Crippen MR) is 92.9 cm³/mol. The number of nitrogens with two attached hydrogens (primary N) is 1. The van der Waals surface area contributed by atoms with Crippen LogP contribution in [0.4, 0.5) is 0 Å². The van der Waals surface area contributed by atoms with Gasteiger partial charge in [0.25, 0.3) is 0 Å². The van der Waals surface area contributed by atoms with Gasteiger partial charge in [-0.15, -0.1) is 0 Å². The Morgan fingerprint density at radius 3 is 2.04 bits per heavy atom. The fourth-order valence-electron chi connectivity index (χ4n) is 1.82. The van der Waals surface area contributed by atoms with Crippen molar-refractivity contribution in [3.63, 3.8) is 0 Å². The van der Waals surface area contributed by atoms with E-state index < -0.39 is 55.0 Å². The summed E-state index contributed by atoms with van der Waals surface area (Å²) in [6.45, 7) is 2.53. The van der Waals surface area contributed by atoms with Gasteiger partial charge >= 0.3 is 5.97 Å². The number of carboxylic acids is 1. The Hall–Kier alpha value is -1.85. The molecule has 0 heterocycles. The molecule has 144 valence electrons. The lowest BCUT2D eigenvalue weighted by molar-refractivity contribution is -0.138. The van der Waals surface area contributed by atoms with Crippen molar-refractivity contribution in [2.24, 2.45) is 11.7 Å². The van der Waals surface area contributed by atoms with Crippen molar-refractivity contribution < 1.29 is 29.4 Å². The van der Waals surface area contributed by atoms with Gasteiger partial charge in [0.05, 0.1) is 6.61 Å². The van der Waals surface area contributed by atoms with Gasteiger partial charge in [0.2, 0.25) is 17.7 Å². The Kier molecular flexibility index (Phi) is 10.8. The van der Waals surface area contributed by atoms with E-state index >= 15 is 0 Å². The summed E-state index contributed by atoms with van der Waals surface area (Å²) in [5.74, 6) is -3.25. The van der Waals surface area contributed by atoms with Gasteiger partial charge in [-0.05, 0) is 12.3 Å². The highest BCUT2D eigenvalue weighted by atomic mass is 32.1. The highest BCUT2D eigenvalue weighted by Crippen LogP contribution is 2.06. The van der Waals surface area contributed by atoms with E-state index in [0.29, 0.717) is 0 Å². The fourth-order valence-corrected chi connectivity index (χ4v) is 2.07. The zero-order chi connectivity index (χ0) is 19.6. The number of aliphatic hydroxyl groups is 1. The Morgan fingerprint density at radius 1 is 1.04 bits per heavy atom. The van der Waals surface area contributed by atoms with Gasteiger partial charge in [0.1, 0.15) is 24.7 Å². The van der Waals surface area contributed by atoms with Crippen LogP contribution in [0, 0.1) is 5.92 Å². The second-order valence-electron chi connectivity index (χ2n) is 5.84. The molecular weight excluding hydrogens is 352 g/mol. The van der Waals surface area contributed by atoms with Crippen LogP contribution >= 0.6 is 12.6 Å². The molecule has 0 aliphatic rings. The molecule has 25 heavy (non-hydrogen) atoms. The molecule has 0 fully saturated rings. The molecule has 0 aliphatic carbocycles. The van der Waals surface area contributed by atoms with E-state index in [1.165, 1.54) is 0 Å². The average Bonchev–Trinajstić information content (AvgIpc) is 2.55. The average molecular weight is 378 g/mol. The molecule has 0 spiro atoms. The van der Waals surface area contributed by atoms with E-state index in [0.717, 1.165) is 0 Å². The molecule has 0 aromatic heterocycles. The van der Waals surface area contributed by atoms with Crippen LogP contribution in [0.3, 0.4) is 0 Å². The maximum absolute atomic E-state index is 12.4. The lowest BCUT2D eigenvalue weighted by atomic mass is 10.0. The number of aliphatic hydroxyl groups excluding tert-OH is 1. The number of amides is 3.